The zero-order chi connectivity index (χ0) is 17.5. The smallest absolute Gasteiger partial charge is 0.232 e. The number of carbonyl (C=O) groups excluding carboxylic acids is 2. The van der Waals surface area contributed by atoms with Crippen LogP contribution in [0.2, 0.25) is 0 Å². The molecular formula is C21H30N2O2. The number of carbonyl (C=O) groups is 2. The van der Waals surface area contributed by atoms with Gasteiger partial charge in [-0.3, -0.25) is 9.59 Å². The van der Waals surface area contributed by atoms with Crippen LogP contribution < -0.4 is 5.32 Å². The summed E-state index contributed by atoms with van der Waals surface area (Å²) >= 11 is 0. The van der Waals surface area contributed by atoms with Gasteiger partial charge in [0.05, 0.1) is 0 Å². The van der Waals surface area contributed by atoms with Crippen LogP contribution in [0.25, 0.3) is 0 Å². The van der Waals surface area contributed by atoms with Gasteiger partial charge < -0.3 is 10.2 Å². The molecule has 1 saturated heterocycles. The molecule has 4 nitrogen and oxygen atoms in total. The van der Waals surface area contributed by atoms with E-state index in [-0.39, 0.29) is 24.3 Å². The molecule has 3 rings (SSSR count). The van der Waals surface area contributed by atoms with Crippen LogP contribution >= 0.6 is 0 Å². The molecule has 136 valence electrons. The van der Waals surface area contributed by atoms with E-state index in [1.54, 1.807) is 0 Å². The molecule has 0 spiro atoms. The van der Waals surface area contributed by atoms with Gasteiger partial charge in [0, 0.05) is 19.1 Å². The van der Waals surface area contributed by atoms with Crippen molar-refractivity contribution in [3.63, 3.8) is 0 Å². The van der Waals surface area contributed by atoms with E-state index in [9.17, 15) is 9.59 Å². The quantitative estimate of drug-likeness (QED) is 0.835. The van der Waals surface area contributed by atoms with Gasteiger partial charge in [-0.1, -0.05) is 49.6 Å². The molecule has 1 aliphatic heterocycles. The normalized spacial score (nSPS) is 19.6. The number of nitrogens with one attached hydrogen (secondary N) is 1. The van der Waals surface area contributed by atoms with Crippen molar-refractivity contribution in [3.8, 4) is 0 Å². The summed E-state index contributed by atoms with van der Waals surface area (Å²) < 4.78 is 0. The van der Waals surface area contributed by atoms with Crippen LogP contribution in [0.1, 0.15) is 56.9 Å². The molecular weight excluding hydrogens is 312 g/mol. The molecule has 0 radical (unpaired) electrons. The molecule has 2 amide bonds. The minimum atomic E-state index is -0.0942. The molecule has 0 unspecified atom stereocenters. The molecule has 0 bridgehead atoms. The third-order valence-electron chi connectivity index (χ3n) is 5.62. The van der Waals surface area contributed by atoms with Gasteiger partial charge >= 0.3 is 0 Å². The van der Waals surface area contributed by atoms with Crippen molar-refractivity contribution in [1.29, 1.82) is 0 Å². The van der Waals surface area contributed by atoms with Crippen LogP contribution in [-0.4, -0.2) is 35.8 Å². The first-order valence-corrected chi connectivity index (χ1v) is 9.82. The summed E-state index contributed by atoms with van der Waals surface area (Å²) in [6, 6.07) is 10.8. The standard InChI is InChI=1S/C21H30N2O2/c24-20(22-19-9-5-2-6-10-19)16-21(25)23-13-11-18(12-14-23)15-17-7-3-1-4-8-17/h1,3-4,7-8,18-19H,2,5-6,9-16H2,(H,22,24). The third-order valence-corrected chi connectivity index (χ3v) is 5.62. The summed E-state index contributed by atoms with van der Waals surface area (Å²) in [5, 5.41) is 3.04. The van der Waals surface area contributed by atoms with Crippen LogP contribution in [-0.2, 0) is 16.0 Å². The van der Waals surface area contributed by atoms with E-state index in [1.807, 2.05) is 11.0 Å². The highest BCUT2D eigenvalue weighted by molar-refractivity contribution is 5.97. The first kappa shape index (κ1) is 18.0. The Bertz CT molecular complexity index is 559. The maximum absolute atomic E-state index is 12.4. The van der Waals surface area contributed by atoms with E-state index in [4.69, 9.17) is 0 Å². The Hall–Kier alpha value is -1.84. The number of likely N-dealkylation sites (tertiary alicyclic amines) is 1. The van der Waals surface area contributed by atoms with Gasteiger partial charge in [0.15, 0.2) is 0 Å². The zero-order valence-corrected chi connectivity index (χ0v) is 15.1. The van der Waals surface area contributed by atoms with Crippen molar-refractivity contribution in [1.82, 2.24) is 10.2 Å². The summed E-state index contributed by atoms with van der Waals surface area (Å²) in [5.74, 6) is 0.539. The summed E-state index contributed by atoms with van der Waals surface area (Å²) in [7, 11) is 0. The molecule has 1 heterocycles. The first-order valence-electron chi connectivity index (χ1n) is 9.82. The second-order valence-corrected chi connectivity index (χ2v) is 7.59. The van der Waals surface area contributed by atoms with Gasteiger partial charge in [0.25, 0.3) is 0 Å². The van der Waals surface area contributed by atoms with Gasteiger partial charge in [-0.2, -0.15) is 0 Å². The highest BCUT2D eigenvalue weighted by Crippen LogP contribution is 2.22. The molecule has 4 heteroatoms. The van der Waals surface area contributed by atoms with E-state index in [1.165, 1.54) is 24.8 Å². The molecule has 2 fully saturated rings. The third kappa shape index (κ3) is 5.58. The van der Waals surface area contributed by atoms with Crippen molar-refractivity contribution in [3.05, 3.63) is 35.9 Å². The maximum atomic E-state index is 12.4. The molecule has 25 heavy (non-hydrogen) atoms. The Kier molecular flexibility index (Phi) is 6.48. The van der Waals surface area contributed by atoms with Gasteiger partial charge in [-0.25, -0.2) is 0 Å². The molecule has 1 saturated carbocycles. The second kappa shape index (κ2) is 9.02. The summed E-state index contributed by atoms with van der Waals surface area (Å²) in [5.41, 5.74) is 1.37. The monoisotopic (exact) mass is 342 g/mol. The van der Waals surface area contributed by atoms with Crippen LogP contribution in [0.4, 0.5) is 0 Å². The van der Waals surface area contributed by atoms with Crippen molar-refractivity contribution < 1.29 is 9.59 Å². The van der Waals surface area contributed by atoms with E-state index in [2.05, 4.69) is 29.6 Å². The fourth-order valence-electron chi connectivity index (χ4n) is 4.11. The summed E-state index contributed by atoms with van der Waals surface area (Å²) in [6.07, 6.45) is 8.93. The average Bonchev–Trinajstić information content (AvgIpc) is 2.64. The number of piperidine rings is 1. The maximum Gasteiger partial charge on any atom is 0.232 e. The molecule has 0 aromatic heterocycles. The lowest BCUT2D eigenvalue weighted by molar-refractivity contribution is -0.137. The Labute approximate surface area is 151 Å². The Morgan fingerprint density at radius 3 is 2.32 bits per heavy atom. The second-order valence-electron chi connectivity index (χ2n) is 7.59. The lowest BCUT2D eigenvalue weighted by Crippen LogP contribution is -2.43. The van der Waals surface area contributed by atoms with Gasteiger partial charge in [0.2, 0.25) is 11.8 Å². The number of rotatable bonds is 5. The van der Waals surface area contributed by atoms with Crippen LogP contribution in [0.5, 0.6) is 0 Å². The number of hydrogen-bond donors (Lipinski definition) is 1. The fraction of sp³-hybridized carbons (Fsp3) is 0.619. The van der Waals surface area contributed by atoms with Gasteiger partial charge in [0.1, 0.15) is 6.42 Å². The fourth-order valence-corrected chi connectivity index (χ4v) is 4.11. The van der Waals surface area contributed by atoms with Gasteiger partial charge in [-0.05, 0) is 43.6 Å². The minimum Gasteiger partial charge on any atom is -0.353 e. The minimum absolute atomic E-state index is 0.00790. The zero-order valence-electron chi connectivity index (χ0n) is 15.1. The topological polar surface area (TPSA) is 49.4 Å². The highest BCUT2D eigenvalue weighted by atomic mass is 16.2. The Morgan fingerprint density at radius 1 is 0.960 bits per heavy atom. The van der Waals surface area contributed by atoms with Crippen molar-refractivity contribution >= 4 is 11.8 Å². The van der Waals surface area contributed by atoms with E-state index >= 15 is 0 Å². The molecule has 1 aromatic carbocycles. The number of amides is 2. The predicted molar refractivity (Wildman–Crippen MR) is 99.1 cm³/mol. The van der Waals surface area contributed by atoms with Crippen LogP contribution in [0.15, 0.2) is 30.3 Å². The SMILES string of the molecule is O=C(CC(=O)N1CCC(Cc2ccccc2)CC1)NC1CCCCC1. The summed E-state index contributed by atoms with van der Waals surface area (Å²) in [4.78, 5) is 26.4. The average molecular weight is 342 g/mol. The van der Waals surface area contributed by atoms with E-state index in [0.717, 1.165) is 45.2 Å². The van der Waals surface area contributed by atoms with Crippen molar-refractivity contribution in [2.45, 2.75) is 63.8 Å². The highest BCUT2D eigenvalue weighted by Gasteiger charge is 2.25. The molecule has 2 aliphatic rings. The van der Waals surface area contributed by atoms with E-state index in [0.29, 0.717) is 5.92 Å². The van der Waals surface area contributed by atoms with Gasteiger partial charge in [-0.15, -0.1) is 0 Å². The molecule has 1 N–H and O–H groups in total. The largest absolute Gasteiger partial charge is 0.353 e. The van der Waals surface area contributed by atoms with Crippen molar-refractivity contribution in [2.24, 2.45) is 5.92 Å². The number of benzene rings is 1. The Balaban J connectivity index is 1.38. The predicted octanol–water partition coefficient (Wildman–Crippen LogP) is 3.31. The van der Waals surface area contributed by atoms with E-state index < -0.39 is 0 Å². The van der Waals surface area contributed by atoms with Crippen LogP contribution in [0.3, 0.4) is 0 Å². The molecule has 0 atom stereocenters. The lowest BCUT2D eigenvalue weighted by Gasteiger charge is -2.32. The molecule has 1 aromatic rings. The Morgan fingerprint density at radius 2 is 1.64 bits per heavy atom. The number of nitrogens with zero attached hydrogens (tertiary/aromatic N) is 1. The lowest BCUT2D eigenvalue weighted by atomic mass is 9.90. The number of hydrogen-bond acceptors (Lipinski definition) is 2. The van der Waals surface area contributed by atoms with Crippen molar-refractivity contribution in [2.75, 3.05) is 13.1 Å². The van der Waals surface area contributed by atoms with Crippen LogP contribution in [0, 0.1) is 5.92 Å². The summed E-state index contributed by atoms with van der Waals surface area (Å²) in [6.45, 7) is 1.57. The first-order chi connectivity index (χ1) is 12.2. The molecule has 1 aliphatic carbocycles.